The molecule has 1 aromatic heterocycles. The van der Waals surface area contributed by atoms with Crippen molar-refractivity contribution in [3.63, 3.8) is 0 Å². The monoisotopic (exact) mass is 263 g/mol. The fourth-order valence-corrected chi connectivity index (χ4v) is 2.26. The molecule has 0 amide bonds. The number of hydrogen-bond acceptors (Lipinski definition) is 4. The molecule has 1 N–H and O–H groups in total. The third-order valence-corrected chi connectivity index (χ3v) is 3.40. The molecule has 0 fully saturated rings. The summed E-state index contributed by atoms with van der Waals surface area (Å²) in [6.45, 7) is 0.939. The van der Waals surface area contributed by atoms with Gasteiger partial charge in [0.2, 0.25) is 0 Å². The summed E-state index contributed by atoms with van der Waals surface area (Å²) >= 11 is 5.05. The fraction of sp³-hybridized carbons (Fsp3) is 0.375. The van der Waals surface area contributed by atoms with E-state index in [0.717, 1.165) is 4.47 Å². The standard InChI is InChI=1S/C8H10BrNO2S/c1-12-8(11)5-10-4-7-6(9)2-3-13-7/h2-3,10H,4-5H2,1H3. The average Bonchev–Trinajstić information content (AvgIpc) is 2.52. The van der Waals surface area contributed by atoms with Gasteiger partial charge in [0.05, 0.1) is 13.7 Å². The molecule has 5 heteroatoms. The first-order valence-corrected chi connectivity index (χ1v) is 5.40. The molecular formula is C8H10BrNO2S. The van der Waals surface area contributed by atoms with Crippen LogP contribution in [-0.4, -0.2) is 19.6 Å². The van der Waals surface area contributed by atoms with Crippen molar-refractivity contribution in [1.29, 1.82) is 0 Å². The van der Waals surface area contributed by atoms with E-state index >= 15 is 0 Å². The van der Waals surface area contributed by atoms with E-state index in [1.54, 1.807) is 11.3 Å². The van der Waals surface area contributed by atoms with Crippen LogP contribution in [0.25, 0.3) is 0 Å². The highest BCUT2D eigenvalue weighted by atomic mass is 79.9. The molecule has 0 saturated carbocycles. The molecule has 0 bridgehead atoms. The molecule has 13 heavy (non-hydrogen) atoms. The number of rotatable bonds is 4. The van der Waals surface area contributed by atoms with Crippen LogP contribution in [0.1, 0.15) is 4.88 Å². The molecule has 0 atom stereocenters. The summed E-state index contributed by atoms with van der Waals surface area (Å²) in [7, 11) is 1.38. The van der Waals surface area contributed by atoms with Gasteiger partial charge in [0.1, 0.15) is 0 Å². The van der Waals surface area contributed by atoms with Gasteiger partial charge in [0, 0.05) is 15.9 Å². The molecule has 1 aromatic rings. The normalized spacial score (nSPS) is 10.0. The molecule has 3 nitrogen and oxygen atoms in total. The Morgan fingerprint density at radius 3 is 3.08 bits per heavy atom. The van der Waals surface area contributed by atoms with Gasteiger partial charge in [0.25, 0.3) is 0 Å². The van der Waals surface area contributed by atoms with Crippen LogP contribution in [0, 0.1) is 0 Å². The molecule has 0 spiro atoms. The zero-order valence-electron chi connectivity index (χ0n) is 7.17. The van der Waals surface area contributed by atoms with Gasteiger partial charge in [-0.25, -0.2) is 0 Å². The minimum atomic E-state index is -0.243. The van der Waals surface area contributed by atoms with Gasteiger partial charge >= 0.3 is 5.97 Å². The van der Waals surface area contributed by atoms with Gasteiger partial charge in [-0.1, -0.05) is 0 Å². The highest BCUT2D eigenvalue weighted by molar-refractivity contribution is 9.10. The van der Waals surface area contributed by atoms with Crippen LogP contribution in [0.5, 0.6) is 0 Å². The molecule has 0 aromatic carbocycles. The number of thiophene rings is 1. The number of carbonyl (C=O) groups excluding carboxylic acids is 1. The van der Waals surface area contributed by atoms with Crippen LogP contribution in [-0.2, 0) is 16.1 Å². The Hall–Kier alpha value is -0.390. The second-order valence-corrected chi connectivity index (χ2v) is 4.23. The summed E-state index contributed by atoms with van der Waals surface area (Å²) in [5, 5.41) is 4.98. The Morgan fingerprint density at radius 1 is 1.77 bits per heavy atom. The second-order valence-electron chi connectivity index (χ2n) is 2.37. The molecular weight excluding hydrogens is 254 g/mol. The quantitative estimate of drug-likeness (QED) is 0.842. The lowest BCUT2D eigenvalue weighted by atomic mass is 10.4. The summed E-state index contributed by atoms with van der Waals surface area (Å²) in [5.41, 5.74) is 0. The lowest BCUT2D eigenvalue weighted by molar-refractivity contribution is -0.139. The highest BCUT2D eigenvalue weighted by Gasteiger charge is 2.02. The van der Waals surface area contributed by atoms with Crippen LogP contribution in [0.3, 0.4) is 0 Å². The number of carbonyl (C=O) groups is 1. The van der Waals surface area contributed by atoms with E-state index in [4.69, 9.17) is 0 Å². The van der Waals surface area contributed by atoms with Crippen molar-refractivity contribution in [2.45, 2.75) is 6.54 Å². The van der Waals surface area contributed by atoms with Gasteiger partial charge < -0.3 is 10.1 Å². The maximum Gasteiger partial charge on any atom is 0.319 e. The predicted octanol–water partition coefficient (Wildman–Crippen LogP) is 1.77. The third-order valence-electron chi connectivity index (χ3n) is 1.47. The zero-order valence-corrected chi connectivity index (χ0v) is 9.57. The summed E-state index contributed by atoms with van der Waals surface area (Å²) in [6.07, 6.45) is 0. The summed E-state index contributed by atoms with van der Waals surface area (Å²) in [4.78, 5) is 11.9. The van der Waals surface area contributed by atoms with Gasteiger partial charge in [-0.15, -0.1) is 11.3 Å². The molecule has 1 rings (SSSR count). The van der Waals surface area contributed by atoms with Crippen molar-refractivity contribution >= 4 is 33.2 Å². The molecule has 0 aliphatic heterocycles. The zero-order chi connectivity index (χ0) is 9.68. The smallest absolute Gasteiger partial charge is 0.319 e. The van der Waals surface area contributed by atoms with Gasteiger partial charge in [0.15, 0.2) is 0 Å². The molecule has 0 unspecified atom stereocenters. The van der Waals surface area contributed by atoms with E-state index in [-0.39, 0.29) is 12.5 Å². The lowest BCUT2D eigenvalue weighted by Gasteiger charge is -2.01. The third kappa shape index (κ3) is 3.46. The van der Waals surface area contributed by atoms with Crippen molar-refractivity contribution in [3.05, 3.63) is 20.8 Å². The molecule has 0 aliphatic rings. The predicted molar refractivity (Wildman–Crippen MR) is 55.7 cm³/mol. The van der Waals surface area contributed by atoms with Gasteiger partial charge in [-0.3, -0.25) is 4.79 Å². The minimum Gasteiger partial charge on any atom is -0.468 e. The SMILES string of the molecule is COC(=O)CNCc1sccc1Br. The first kappa shape index (κ1) is 10.7. The van der Waals surface area contributed by atoms with Crippen LogP contribution in [0.4, 0.5) is 0 Å². The van der Waals surface area contributed by atoms with Crippen molar-refractivity contribution in [1.82, 2.24) is 5.32 Å². The van der Waals surface area contributed by atoms with E-state index in [9.17, 15) is 4.79 Å². The van der Waals surface area contributed by atoms with Crippen molar-refractivity contribution in [2.75, 3.05) is 13.7 Å². The number of halogens is 1. The molecule has 0 radical (unpaired) electrons. The van der Waals surface area contributed by atoms with Crippen LogP contribution >= 0.6 is 27.3 Å². The van der Waals surface area contributed by atoms with Crippen molar-refractivity contribution < 1.29 is 9.53 Å². The Kier molecular flexibility index (Phi) is 4.41. The van der Waals surface area contributed by atoms with E-state index in [0.29, 0.717) is 6.54 Å². The van der Waals surface area contributed by atoms with E-state index in [2.05, 4.69) is 26.0 Å². The fourth-order valence-electron chi connectivity index (χ4n) is 0.801. The van der Waals surface area contributed by atoms with E-state index in [1.165, 1.54) is 12.0 Å². The summed E-state index contributed by atoms with van der Waals surface area (Å²) in [5.74, 6) is -0.243. The number of nitrogens with one attached hydrogen (secondary N) is 1. The average molecular weight is 264 g/mol. The Labute approximate surface area is 89.2 Å². The minimum absolute atomic E-state index is 0.243. The number of methoxy groups -OCH3 is 1. The van der Waals surface area contributed by atoms with E-state index < -0.39 is 0 Å². The van der Waals surface area contributed by atoms with Crippen LogP contribution < -0.4 is 5.32 Å². The number of ether oxygens (including phenoxy) is 1. The number of hydrogen-bond donors (Lipinski definition) is 1. The highest BCUT2D eigenvalue weighted by Crippen LogP contribution is 2.21. The van der Waals surface area contributed by atoms with Crippen LogP contribution in [0.2, 0.25) is 0 Å². The maximum atomic E-state index is 10.7. The van der Waals surface area contributed by atoms with Gasteiger partial charge in [-0.2, -0.15) is 0 Å². The summed E-state index contributed by atoms with van der Waals surface area (Å²) < 4.78 is 5.57. The van der Waals surface area contributed by atoms with Crippen LogP contribution in [0.15, 0.2) is 15.9 Å². The Morgan fingerprint density at radius 2 is 2.54 bits per heavy atom. The second kappa shape index (κ2) is 5.36. The maximum absolute atomic E-state index is 10.7. The first-order valence-electron chi connectivity index (χ1n) is 3.73. The topological polar surface area (TPSA) is 38.3 Å². The Bertz CT molecular complexity index is 287. The first-order chi connectivity index (χ1) is 6.24. The van der Waals surface area contributed by atoms with Crippen molar-refractivity contribution in [3.8, 4) is 0 Å². The Balaban J connectivity index is 2.28. The van der Waals surface area contributed by atoms with E-state index in [1.807, 2.05) is 11.4 Å². The molecule has 72 valence electrons. The van der Waals surface area contributed by atoms with Crippen molar-refractivity contribution in [2.24, 2.45) is 0 Å². The van der Waals surface area contributed by atoms with Gasteiger partial charge in [-0.05, 0) is 27.4 Å². The summed E-state index contributed by atoms with van der Waals surface area (Å²) in [6, 6.07) is 1.99. The number of esters is 1. The largest absolute Gasteiger partial charge is 0.468 e. The molecule has 1 heterocycles. The molecule has 0 aliphatic carbocycles. The lowest BCUT2D eigenvalue weighted by Crippen LogP contribution is -2.23. The molecule has 0 saturated heterocycles.